The molecule has 0 amide bonds. The van der Waals surface area contributed by atoms with Crippen molar-refractivity contribution in [2.24, 2.45) is 0 Å². The van der Waals surface area contributed by atoms with Crippen molar-refractivity contribution in [1.82, 2.24) is 0 Å². The van der Waals surface area contributed by atoms with Gasteiger partial charge in [-0.1, -0.05) is 27.5 Å². The zero-order chi connectivity index (χ0) is 12.6. The highest BCUT2D eigenvalue weighted by Crippen LogP contribution is 2.40. The topological polar surface area (TPSA) is 0 Å². The van der Waals surface area contributed by atoms with Gasteiger partial charge in [0.1, 0.15) is 0 Å². The molecule has 0 radical (unpaired) electrons. The maximum Gasteiger partial charge on any atom is 0.0751 e. The summed E-state index contributed by atoms with van der Waals surface area (Å²) in [4.78, 5) is 2.94. The van der Waals surface area contributed by atoms with Crippen LogP contribution in [0.4, 0.5) is 0 Å². The van der Waals surface area contributed by atoms with Crippen molar-refractivity contribution in [3.8, 4) is 0 Å². The van der Waals surface area contributed by atoms with E-state index in [1.54, 1.807) is 0 Å². The van der Waals surface area contributed by atoms with E-state index in [9.17, 15) is 0 Å². The lowest BCUT2D eigenvalue weighted by Gasteiger charge is -2.12. The van der Waals surface area contributed by atoms with Gasteiger partial charge in [0.05, 0.1) is 4.83 Å². The molecule has 0 fully saturated rings. The molecule has 0 spiro atoms. The summed E-state index contributed by atoms with van der Waals surface area (Å²) in [7, 11) is 0. The van der Waals surface area contributed by atoms with Crippen molar-refractivity contribution in [1.29, 1.82) is 0 Å². The second-order valence-corrected chi connectivity index (χ2v) is 7.73. The maximum absolute atomic E-state index is 6.07. The number of aryl methyl sites for hydroxylation is 2. The molecule has 1 aromatic heterocycles. The van der Waals surface area contributed by atoms with Gasteiger partial charge < -0.3 is 0 Å². The van der Waals surface area contributed by atoms with Gasteiger partial charge in [-0.3, -0.25) is 0 Å². The van der Waals surface area contributed by atoms with Crippen molar-refractivity contribution >= 4 is 61.5 Å². The SMILES string of the molecule is Cc1cc(C)c(C(Br)c2cc(Cl)ccc2I)s1. The average Bonchev–Trinajstić information content (AvgIpc) is 2.60. The largest absolute Gasteiger partial charge is 0.144 e. The Morgan fingerprint density at radius 2 is 2.00 bits per heavy atom. The van der Waals surface area contributed by atoms with E-state index < -0.39 is 0 Å². The molecular weight excluding hydrogens is 430 g/mol. The number of alkyl halides is 1. The Morgan fingerprint density at radius 3 is 2.59 bits per heavy atom. The number of rotatable bonds is 2. The lowest BCUT2D eigenvalue weighted by atomic mass is 10.1. The Kier molecular flexibility index (Phi) is 4.55. The van der Waals surface area contributed by atoms with E-state index in [0.29, 0.717) is 0 Å². The highest BCUT2D eigenvalue weighted by atomic mass is 127. The van der Waals surface area contributed by atoms with Gasteiger partial charge in [-0.15, -0.1) is 11.3 Å². The molecule has 2 rings (SSSR count). The normalized spacial score (nSPS) is 12.8. The van der Waals surface area contributed by atoms with Gasteiger partial charge >= 0.3 is 0 Å². The molecule has 0 saturated carbocycles. The molecule has 0 aliphatic rings. The van der Waals surface area contributed by atoms with Crippen molar-refractivity contribution in [2.45, 2.75) is 18.7 Å². The van der Waals surface area contributed by atoms with Crippen LogP contribution in [0.3, 0.4) is 0 Å². The molecule has 90 valence electrons. The first kappa shape index (κ1) is 13.8. The van der Waals surface area contributed by atoms with Crippen molar-refractivity contribution in [2.75, 3.05) is 0 Å². The van der Waals surface area contributed by atoms with Crippen molar-refractivity contribution in [3.05, 3.63) is 53.7 Å². The number of hydrogen-bond donors (Lipinski definition) is 0. The summed E-state index contributed by atoms with van der Waals surface area (Å²) in [6, 6.07) is 8.25. The molecule has 1 heterocycles. The van der Waals surface area contributed by atoms with Crippen LogP contribution in [0, 0.1) is 17.4 Å². The van der Waals surface area contributed by atoms with Crippen LogP contribution in [-0.4, -0.2) is 0 Å². The maximum atomic E-state index is 6.07. The molecular formula is C13H11BrClIS. The summed E-state index contributed by atoms with van der Waals surface area (Å²) in [5.74, 6) is 0. The van der Waals surface area contributed by atoms with Crippen LogP contribution in [-0.2, 0) is 0 Å². The molecule has 0 aliphatic carbocycles. The Morgan fingerprint density at radius 1 is 1.29 bits per heavy atom. The molecule has 0 aliphatic heterocycles. The first-order chi connectivity index (χ1) is 7.99. The minimum absolute atomic E-state index is 0.229. The van der Waals surface area contributed by atoms with Crippen LogP contribution in [0.1, 0.15) is 25.7 Å². The molecule has 17 heavy (non-hydrogen) atoms. The van der Waals surface area contributed by atoms with E-state index in [-0.39, 0.29) is 4.83 Å². The minimum atomic E-state index is 0.229. The Balaban J connectivity index is 2.46. The number of halogens is 3. The predicted octanol–water partition coefficient (Wildman–Crippen LogP) is 6.11. The van der Waals surface area contributed by atoms with Gasteiger partial charge in [0, 0.05) is 18.3 Å². The fourth-order valence-electron chi connectivity index (χ4n) is 1.76. The van der Waals surface area contributed by atoms with Gasteiger partial charge in [-0.25, -0.2) is 0 Å². The van der Waals surface area contributed by atoms with Crippen LogP contribution < -0.4 is 0 Å². The Hall–Kier alpha value is 0.420. The van der Waals surface area contributed by atoms with E-state index in [4.69, 9.17) is 11.6 Å². The minimum Gasteiger partial charge on any atom is -0.144 e. The van der Waals surface area contributed by atoms with Crippen LogP contribution in [0.15, 0.2) is 24.3 Å². The van der Waals surface area contributed by atoms with E-state index >= 15 is 0 Å². The van der Waals surface area contributed by atoms with Gasteiger partial charge in [0.15, 0.2) is 0 Å². The summed E-state index contributed by atoms with van der Waals surface area (Å²) in [5.41, 5.74) is 2.58. The quantitative estimate of drug-likeness (QED) is 0.390. The standard InChI is InChI=1S/C13H11BrClIS/c1-7-5-8(2)17-13(7)12(14)10-6-9(15)3-4-11(10)16/h3-6,12H,1-2H3. The second kappa shape index (κ2) is 5.59. The lowest BCUT2D eigenvalue weighted by molar-refractivity contribution is 1.18. The molecule has 0 bridgehead atoms. The smallest absolute Gasteiger partial charge is 0.0751 e. The summed E-state index contributed by atoms with van der Waals surface area (Å²) in [6.07, 6.45) is 0. The summed E-state index contributed by atoms with van der Waals surface area (Å²) >= 11 is 14.1. The van der Waals surface area contributed by atoms with Crippen LogP contribution in [0.25, 0.3) is 0 Å². The van der Waals surface area contributed by atoms with Gasteiger partial charge in [0.2, 0.25) is 0 Å². The van der Waals surface area contributed by atoms with Gasteiger partial charge in [-0.2, -0.15) is 0 Å². The van der Waals surface area contributed by atoms with Gasteiger partial charge in [0.25, 0.3) is 0 Å². The molecule has 0 saturated heterocycles. The van der Waals surface area contributed by atoms with Gasteiger partial charge in [-0.05, 0) is 71.8 Å². The zero-order valence-electron chi connectivity index (χ0n) is 9.43. The van der Waals surface area contributed by atoms with Crippen molar-refractivity contribution in [3.63, 3.8) is 0 Å². The highest BCUT2D eigenvalue weighted by Gasteiger charge is 2.18. The fraction of sp³-hybridized carbons (Fsp3) is 0.231. The third-order valence-electron chi connectivity index (χ3n) is 2.54. The molecule has 1 atom stereocenters. The third kappa shape index (κ3) is 3.06. The van der Waals surface area contributed by atoms with E-state index in [2.05, 4.69) is 64.5 Å². The van der Waals surface area contributed by atoms with Crippen LogP contribution in [0.2, 0.25) is 5.02 Å². The first-order valence-electron chi connectivity index (χ1n) is 5.15. The summed E-state index contributed by atoms with van der Waals surface area (Å²) in [6.45, 7) is 4.30. The first-order valence-corrected chi connectivity index (χ1v) is 8.34. The third-order valence-corrected chi connectivity index (χ3v) is 6.23. The molecule has 2 aromatic rings. The number of thiophene rings is 1. The zero-order valence-corrected chi connectivity index (χ0v) is 14.7. The monoisotopic (exact) mass is 440 g/mol. The molecule has 4 heteroatoms. The number of hydrogen-bond acceptors (Lipinski definition) is 1. The van der Waals surface area contributed by atoms with E-state index in [1.807, 2.05) is 23.5 Å². The Bertz CT molecular complexity index is 550. The summed E-state index contributed by atoms with van der Waals surface area (Å²) < 4.78 is 1.24. The van der Waals surface area contributed by atoms with E-state index in [1.165, 1.54) is 24.5 Å². The van der Waals surface area contributed by atoms with Crippen LogP contribution >= 0.6 is 61.5 Å². The fourth-order valence-corrected chi connectivity index (χ4v) is 5.07. The molecule has 0 nitrogen and oxygen atoms in total. The number of benzene rings is 1. The molecule has 1 aromatic carbocycles. The van der Waals surface area contributed by atoms with Crippen LogP contribution in [0.5, 0.6) is 0 Å². The van der Waals surface area contributed by atoms with E-state index in [0.717, 1.165) is 5.02 Å². The average molecular weight is 442 g/mol. The second-order valence-electron chi connectivity index (χ2n) is 3.93. The lowest BCUT2D eigenvalue weighted by Crippen LogP contribution is -1.95. The summed E-state index contributed by atoms with van der Waals surface area (Å²) in [5, 5.41) is 0.788. The highest BCUT2D eigenvalue weighted by molar-refractivity contribution is 14.1. The molecule has 1 unspecified atom stereocenters. The van der Waals surface area contributed by atoms with Crippen molar-refractivity contribution < 1.29 is 0 Å². The Labute approximate surface area is 133 Å². The molecule has 0 N–H and O–H groups in total. The predicted molar refractivity (Wildman–Crippen MR) is 88.7 cm³/mol.